The molecule has 1 fully saturated rings. The van der Waals surface area contributed by atoms with Crippen LogP contribution < -0.4 is 9.47 Å². The van der Waals surface area contributed by atoms with Crippen LogP contribution in [0.25, 0.3) is 6.08 Å². The van der Waals surface area contributed by atoms with Crippen LogP contribution in [0.1, 0.15) is 11.3 Å². The number of nitrogens with zero attached hydrogens (tertiary/aromatic N) is 1. The van der Waals surface area contributed by atoms with E-state index in [9.17, 15) is 9.59 Å². The quantitative estimate of drug-likeness (QED) is 0.357. The van der Waals surface area contributed by atoms with Crippen LogP contribution in [0.2, 0.25) is 10.0 Å². The summed E-state index contributed by atoms with van der Waals surface area (Å²) in [6, 6.07) is 14.2. The molecule has 1 aromatic heterocycles. The zero-order valence-corrected chi connectivity index (χ0v) is 19.3. The second kappa shape index (κ2) is 8.78. The minimum Gasteiger partial charge on any atom is -0.454 e. The summed E-state index contributed by atoms with van der Waals surface area (Å²) in [5.41, 5.74) is 0.596. The van der Waals surface area contributed by atoms with Crippen molar-refractivity contribution in [1.29, 1.82) is 0 Å². The van der Waals surface area contributed by atoms with Gasteiger partial charge in [0.05, 0.1) is 11.4 Å². The van der Waals surface area contributed by atoms with Crippen molar-refractivity contribution in [1.82, 2.24) is 4.90 Å². The molecule has 0 atom stereocenters. The fourth-order valence-corrected chi connectivity index (χ4v) is 5.04. The maximum atomic E-state index is 12.9. The van der Waals surface area contributed by atoms with E-state index in [0.29, 0.717) is 38.0 Å². The van der Waals surface area contributed by atoms with Gasteiger partial charge in [0.25, 0.3) is 11.1 Å². The summed E-state index contributed by atoms with van der Waals surface area (Å²) in [4.78, 5) is 27.7. The summed E-state index contributed by atoms with van der Waals surface area (Å²) < 4.78 is 16.4. The molecule has 3 heterocycles. The number of amides is 2. The fraction of sp³-hybridized carbons (Fsp3) is 0.0909. The highest BCUT2D eigenvalue weighted by Gasteiger charge is 2.36. The van der Waals surface area contributed by atoms with E-state index >= 15 is 0 Å². The molecule has 0 bridgehead atoms. The molecule has 2 aliphatic heterocycles. The molecule has 0 aliphatic carbocycles. The molecule has 10 heteroatoms. The third kappa shape index (κ3) is 4.36. The zero-order chi connectivity index (χ0) is 22.2. The Labute approximate surface area is 201 Å². The van der Waals surface area contributed by atoms with Crippen LogP contribution in [0.4, 0.5) is 4.79 Å². The van der Waals surface area contributed by atoms with Crippen molar-refractivity contribution in [3.05, 3.63) is 74.8 Å². The molecular formula is C22H13Cl2NO5S2. The van der Waals surface area contributed by atoms with Crippen LogP contribution in [-0.4, -0.2) is 22.8 Å². The van der Waals surface area contributed by atoms with Crippen molar-refractivity contribution in [2.45, 2.75) is 16.5 Å². The van der Waals surface area contributed by atoms with Gasteiger partial charge in [-0.3, -0.25) is 14.5 Å². The van der Waals surface area contributed by atoms with Crippen LogP contribution in [0.5, 0.6) is 11.5 Å². The number of benzene rings is 2. The number of hydrogen-bond acceptors (Lipinski definition) is 7. The lowest BCUT2D eigenvalue weighted by Gasteiger charge is -2.14. The summed E-state index contributed by atoms with van der Waals surface area (Å²) in [5, 5.41) is 1.33. The largest absolute Gasteiger partial charge is 0.454 e. The van der Waals surface area contributed by atoms with E-state index in [1.807, 2.05) is 18.2 Å². The summed E-state index contributed by atoms with van der Waals surface area (Å²) >= 11 is 14.5. The molecule has 32 heavy (non-hydrogen) atoms. The highest BCUT2D eigenvalue weighted by molar-refractivity contribution is 8.18. The first-order valence-corrected chi connectivity index (χ1v) is 11.7. The number of furan rings is 1. The Morgan fingerprint density at radius 3 is 2.56 bits per heavy atom. The molecular weight excluding hydrogens is 493 g/mol. The number of carbonyl (C=O) groups excluding carboxylic acids is 2. The van der Waals surface area contributed by atoms with E-state index in [1.54, 1.807) is 36.4 Å². The summed E-state index contributed by atoms with van der Waals surface area (Å²) in [7, 11) is 0. The van der Waals surface area contributed by atoms with Gasteiger partial charge >= 0.3 is 0 Å². The average molecular weight is 506 g/mol. The minimum absolute atomic E-state index is 0.0350. The Balaban J connectivity index is 1.31. The van der Waals surface area contributed by atoms with Crippen LogP contribution in [0, 0.1) is 0 Å². The molecule has 5 rings (SSSR count). The molecule has 0 N–H and O–H groups in total. The summed E-state index contributed by atoms with van der Waals surface area (Å²) in [6.07, 6.45) is 1.57. The molecule has 2 aromatic carbocycles. The first kappa shape index (κ1) is 21.3. The Kier molecular flexibility index (Phi) is 5.86. The Bertz CT molecular complexity index is 1260. The van der Waals surface area contributed by atoms with Crippen LogP contribution in [-0.2, 0) is 11.3 Å². The molecule has 1 saturated heterocycles. The van der Waals surface area contributed by atoms with Gasteiger partial charge in [0.2, 0.25) is 6.79 Å². The van der Waals surface area contributed by atoms with Crippen LogP contribution in [0.15, 0.2) is 67.8 Å². The zero-order valence-electron chi connectivity index (χ0n) is 16.2. The first-order valence-electron chi connectivity index (χ1n) is 9.33. The van der Waals surface area contributed by atoms with Crippen molar-refractivity contribution in [3.63, 3.8) is 0 Å². The number of ether oxygens (including phenoxy) is 2. The lowest BCUT2D eigenvalue weighted by Crippen LogP contribution is -2.27. The number of rotatable bonds is 5. The highest BCUT2D eigenvalue weighted by Crippen LogP contribution is 2.40. The van der Waals surface area contributed by atoms with E-state index in [4.69, 9.17) is 37.1 Å². The van der Waals surface area contributed by atoms with Crippen LogP contribution in [0.3, 0.4) is 0 Å². The summed E-state index contributed by atoms with van der Waals surface area (Å²) in [6.45, 7) is 0.147. The maximum absolute atomic E-state index is 12.9. The van der Waals surface area contributed by atoms with Gasteiger partial charge in [-0.15, -0.1) is 0 Å². The number of fused-ring (bicyclic) bond motifs is 1. The van der Waals surface area contributed by atoms with Gasteiger partial charge in [0.15, 0.2) is 16.6 Å². The molecule has 2 amide bonds. The van der Waals surface area contributed by atoms with E-state index in [0.717, 1.165) is 21.6 Å². The van der Waals surface area contributed by atoms with Crippen molar-refractivity contribution in [2.24, 2.45) is 0 Å². The molecule has 0 saturated carbocycles. The Morgan fingerprint density at radius 2 is 1.78 bits per heavy atom. The fourth-order valence-electron chi connectivity index (χ4n) is 3.10. The van der Waals surface area contributed by atoms with Crippen molar-refractivity contribution >= 4 is 63.9 Å². The molecule has 6 nitrogen and oxygen atoms in total. The first-order chi connectivity index (χ1) is 15.5. The number of imide groups is 1. The normalized spacial score (nSPS) is 16.4. The minimum atomic E-state index is -0.406. The molecule has 0 unspecified atom stereocenters. The monoisotopic (exact) mass is 505 g/mol. The predicted octanol–water partition coefficient (Wildman–Crippen LogP) is 6.70. The third-order valence-electron chi connectivity index (χ3n) is 4.65. The smallest absolute Gasteiger partial charge is 0.293 e. The second-order valence-corrected chi connectivity index (χ2v) is 9.69. The van der Waals surface area contributed by atoms with Crippen LogP contribution >= 0.6 is 46.7 Å². The molecule has 162 valence electrons. The number of halogens is 2. The van der Waals surface area contributed by atoms with E-state index < -0.39 is 5.91 Å². The van der Waals surface area contributed by atoms with Crippen molar-refractivity contribution in [2.75, 3.05) is 6.79 Å². The van der Waals surface area contributed by atoms with Gasteiger partial charge in [-0.05, 0) is 59.8 Å². The second-order valence-electron chi connectivity index (χ2n) is 6.78. The SMILES string of the molecule is O=C1S/C(=C/c2ccc(Sc3ccc(Cl)cc3)o2)C(=O)N1Cc1cc2c(cc1Cl)OCO2. The number of hydrogen-bond donors (Lipinski definition) is 0. The Morgan fingerprint density at radius 1 is 1.03 bits per heavy atom. The van der Waals surface area contributed by atoms with Gasteiger partial charge in [0, 0.05) is 27.1 Å². The topological polar surface area (TPSA) is 69.0 Å². The van der Waals surface area contributed by atoms with E-state index in [2.05, 4.69) is 0 Å². The molecule has 0 spiro atoms. The maximum Gasteiger partial charge on any atom is 0.293 e. The van der Waals surface area contributed by atoms with Crippen molar-refractivity contribution < 1.29 is 23.5 Å². The lowest BCUT2D eigenvalue weighted by molar-refractivity contribution is -0.123. The predicted molar refractivity (Wildman–Crippen MR) is 123 cm³/mol. The molecule has 2 aliphatic rings. The molecule has 3 aromatic rings. The standard InChI is InChI=1S/C22H13Cl2NO5S2/c23-13-1-4-15(5-2-13)31-20-6-3-14(30-20)8-19-21(26)25(22(27)32-19)10-12-7-17-18(9-16(12)24)29-11-28-17/h1-9H,10-11H2/b19-8+. The van der Waals surface area contributed by atoms with Gasteiger partial charge in [-0.1, -0.05) is 35.0 Å². The third-order valence-corrected chi connectivity index (χ3v) is 7.09. The van der Waals surface area contributed by atoms with Gasteiger partial charge < -0.3 is 13.9 Å². The number of thioether (sulfide) groups is 1. The lowest BCUT2D eigenvalue weighted by atomic mass is 10.2. The average Bonchev–Trinajstić information content (AvgIpc) is 3.46. The van der Waals surface area contributed by atoms with Crippen molar-refractivity contribution in [3.8, 4) is 11.5 Å². The highest BCUT2D eigenvalue weighted by atomic mass is 35.5. The molecule has 0 radical (unpaired) electrons. The Hall–Kier alpha value is -2.52. The van der Waals surface area contributed by atoms with E-state index in [-0.39, 0.29) is 23.5 Å². The summed E-state index contributed by atoms with van der Waals surface area (Å²) in [5.74, 6) is 1.15. The van der Waals surface area contributed by atoms with E-state index in [1.165, 1.54) is 11.8 Å². The van der Waals surface area contributed by atoms with Gasteiger partial charge in [-0.25, -0.2) is 0 Å². The van der Waals surface area contributed by atoms with Gasteiger partial charge in [-0.2, -0.15) is 0 Å². The number of carbonyl (C=O) groups is 2. The van der Waals surface area contributed by atoms with Gasteiger partial charge in [0.1, 0.15) is 5.76 Å².